The van der Waals surface area contributed by atoms with Crippen molar-refractivity contribution in [2.24, 2.45) is 11.7 Å². The molecule has 1 fully saturated rings. The first-order valence-electron chi connectivity index (χ1n) is 5.59. The van der Waals surface area contributed by atoms with Gasteiger partial charge in [0.05, 0.1) is 12.7 Å². The molecule has 2 rings (SSSR count). The van der Waals surface area contributed by atoms with Crippen LogP contribution in [0, 0.1) is 12.8 Å². The van der Waals surface area contributed by atoms with Gasteiger partial charge in [0.15, 0.2) is 0 Å². The summed E-state index contributed by atoms with van der Waals surface area (Å²) in [6.45, 7) is 4.49. The minimum absolute atomic E-state index is 0.447. The van der Waals surface area contributed by atoms with Crippen molar-refractivity contribution in [1.82, 2.24) is 9.55 Å². The average molecular weight is 209 g/mol. The summed E-state index contributed by atoms with van der Waals surface area (Å²) in [7, 11) is 0. The molecule has 0 bridgehead atoms. The van der Waals surface area contributed by atoms with Crippen LogP contribution in [-0.2, 0) is 11.3 Å². The molecule has 84 valence electrons. The van der Waals surface area contributed by atoms with Gasteiger partial charge in [0, 0.05) is 18.9 Å². The van der Waals surface area contributed by atoms with Gasteiger partial charge in [0.25, 0.3) is 0 Å². The van der Waals surface area contributed by atoms with Gasteiger partial charge >= 0.3 is 0 Å². The molecule has 1 heterocycles. The Bertz CT molecular complexity index is 305. The molecule has 0 aromatic carbocycles. The average Bonchev–Trinajstić information content (AvgIpc) is 2.56. The van der Waals surface area contributed by atoms with Crippen LogP contribution in [0.3, 0.4) is 0 Å². The third-order valence-electron chi connectivity index (χ3n) is 3.14. The summed E-state index contributed by atoms with van der Waals surface area (Å²) in [5.41, 5.74) is 5.55. The van der Waals surface area contributed by atoms with E-state index in [2.05, 4.69) is 9.55 Å². The van der Waals surface area contributed by atoms with Crippen LogP contribution in [0.2, 0.25) is 0 Å². The van der Waals surface area contributed by atoms with Gasteiger partial charge in [0.1, 0.15) is 5.82 Å². The summed E-state index contributed by atoms with van der Waals surface area (Å²) in [4.78, 5) is 4.16. The van der Waals surface area contributed by atoms with Gasteiger partial charge in [-0.3, -0.25) is 0 Å². The fourth-order valence-electron chi connectivity index (χ4n) is 1.96. The quantitative estimate of drug-likeness (QED) is 0.785. The monoisotopic (exact) mass is 209 g/mol. The van der Waals surface area contributed by atoms with Gasteiger partial charge in [-0.15, -0.1) is 0 Å². The van der Waals surface area contributed by atoms with Crippen molar-refractivity contribution in [3.05, 3.63) is 18.2 Å². The maximum absolute atomic E-state index is 5.73. The van der Waals surface area contributed by atoms with Crippen LogP contribution in [0.25, 0.3) is 0 Å². The molecule has 4 nitrogen and oxygen atoms in total. The lowest BCUT2D eigenvalue weighted by molar-refractivity contribution is -0.0308. The fourth-order valence-corrected chi connectivity index (χ4v) is 1.96. The summed E-state index contributed by atoms with van der Waals surface area (Å²) in [5, 5.41) is 0. The molecular formula is C11H19N3O. The molecule has 1 aliphatic carbocycles. The number of nitrogens with zero attached hydrogens (tertiary/aromatic N) is 2. The molecule has 0 unspecified atom stereocenters. The highest BCUT2D eigenvalue weighted by atomic mass is 16.5. The molecule has 1 aromatic rings. The van der Waals surface area contributed by atoms with Crippen molar-refractivity contribution >= 4 is 0 Å². The van der Waals surface area contributed by atoms with Gasteiger partial charge < -0.3 is 15.0 Å². The minimum atomic E-state index is 0.447. The van der Waals surface area contributed by atoms with Gasteiger partial charge in [0.2, 0.25) is 0 Å². The van der Waals surface area contributed by atoms with E-state index in [0.717, 1.165) is 38.4 Å². The molecule has 0 amide bonds. The van der Waals surface area contributed by atoms with E-state index in [9.17, 15) is 0 Å². The summed E-state index contributed by atoms with van der Waals surface area (Å²) >= 11 is 0. The first-order chi connectivity index (χ1) is 7.29. The number of aromatic nitrogens is 2. The van der Waals surface area contributed by atoms with Gasteiger partial charge in [-0.1, -0.05) is 0 Å². The number of rotatable bonds is 5. The molecule has 0 saturated heterocycles. The Hall–Kier alpha value is -0.870. The van der Waals surface area contributed by atoms with E-state index < -0.39 is 0 Å². The van der Waals surface area contributed by atoms with Crippen LogP contribution in [-0.4, -0.2) is 28.8 Å². The number of nitrogens with two attached hydrogens (primary N) is 1. The van der Waals surface area contributed by atoms with E-state index in [1.807, 2.05) is 19.3 Å². The van der Waals surface area contributed by atoms with Crippen molar-refractivity contribution < 1.29 is 4.74 Å². The second-order valence-electron chi connectivity index (χ2n) is 4.23. The third-order valence-corrected chi connectivity index (χ3v) is 3.14. The van der Waals surface area contributed by atoms with E-state index in [1.54, 1.807) is 0 Å². The van der Waals surface area contributed by atoms with Crippen molar-refractivity contribution in [3.63, 3.8) is 0 Å². The predicted molar refractivity (Wildman–Crippen MR) is 58.5 cm³/mol. The van der Waals surface area contributed by atoms with Crippen molar-refractivity contribution in [2.75, 3.05) is 13.2 Å². The van der Waals surface area contributed by atoms with E-state index in [-0.39, 0.29) is 0 Å². The molecule has 4 heteroatoms. The van der Waals surface area contributed by atoms with E-state index >= 15 is 0 Å². The lowest BCUT2D eigenvalue weighted by atomic mass is 9.82. The van der Waals surface area contributed by atoms with E-state index in [4.69, 9.17) is 10.5 Å². The summed E-state index contributed by atoms with van der Waals surface area (Å²) in [6, 6.07) is 0. The topological polar surface area (TPSA) is 53.1 Å². The van der Waals surface area contributed by atoms with E-state index in [1.165, 1.54) is 0 Å². The number of hydrogen-bond acceptors (Lipinski definition) is 3. The maximum Gasteiger partial charge on any atom is 0.105 e. The Kier molecular flexibility index (Phi) is 3.38. The van der Waals surface area contributed by atoms with Crippen molar-refractivity contribution in [2.45, 2.75) is 32.4 Å². The van der Waals surface area contributed by atoms with Crippen LogP contribution in [0.5, 0.6) is 0 Å². The molecule has 0 radical (unpaired) electrons. The van der Waals surface area contributed by atoms with Gasteiger partial charge in [-0.2, -0.15) is 0 Å². The van der Waals surface area contributed by atoms with Crippen molar-refractivity contribution in [3.8, 4) is 0 Å². The summed E-state index contributed by atoms with van der Waals surface area (Å²) in [6.07, 6.45) is 6.53. The van der Waals surface area contributed by atoms with Crippen LogP contribution < -0.4 is 5.73 Å². The SMILES string of the molecule is Cc1nccn1CCOC1CC(CN)C1. The molecule has 1 aromatic heterocycles. The van der Waals surface area contributed by atoms with Gasteiger partial charge in [-0.05, 0) is 32.2 Å². The Morgan fingerprint density at radius 2 is 2.40 bits per heavy atom. The first-order valence-corrected chi connectivity index (χ1v) is 5.59. The lowest BCUT2D eigenvalue weighted by Gasteiger charge is -2.34. The smallest absolute Gasteiger partial charge is 0.105 e. The van der Waals surface area contributed by atoms with Crippen LogP contribution in [0.1, 0.15) is 18.7 Å². The summed E-state index contributed by atoms with van der Waals surface area (Å²) < 4.78 is 7.84. The van der Waals surface area contributed by atoms with E-state index in [0.29, 0.717) is 12.0 Å². The molecule has 1 saturated carbocycles. The highest BCUT2D eigenvalue weighted by Crippen LogP contribution is 2.28. The number of hydrogen-bond donors (Lipinski definition) is 1. The normalized spacial score (nSPS) is 25.2. The van der Waals surface area contributed by atoms with Gasteiger partial charge in [-0.25, -0.2) is 4.98 Å². The molecular weight excluding hydrogens is 190 g/mol. The third kappa shape index (κ3) is 2.58. The lowest BCUT2D eigenvalue weighted by Crippen LogP contribution is -2.36. The molecule has 0 spiro atoms. The number of aryl methyl sites for hydroxylation is 1. The molecule has 0 atom stereocenters. The second kappa shape index (κ2) is 4.77. The summed E-state index contributed by atoms with van der Waals surface area (Å²) in [5.74, 6) is 1.75. The Morgan fingerprint density at radius 1 is 1.60 bits per heavy atom. The number of imidazole rings is 1. The molecule has 1 aliphatic rings. The fraction of sp³-hybridized carbons (Fsp3) is 0.727. The maximum atomic E-state index is 5.73. The second-order valence-corrected chi connectivity index (χ2v) is 4.23. The minimum Gasteiger partial charge on any atom is -0.376 e. The zero-order valence-electron chi connectivity index (χ0n) is 9.22. The Labute approximate surface area is 90.4 Å². The Balaban J connectivity index is 1.62. The number of ether oxygens (including phenoxy) is 1. The van der Waals surface area contributed by atoms with Crippen LogP contribution in [0.15, 0.2) is 12.4 Å². The highest BCUT2D eigenvalue weighted by molar-refractivity contribution is 4.88. The highest BCUT2D eigenvalue weighted by Gasteiger charge is 2.28. The predicted octanol–water partition coefficient (Wildman–Crippen LogP) is 0.945. The molecule has 2 N–H and O–H groups in total. The first kappa shape index (κ1) is 10.6. The molecule has 15 heavy (non-hydrogen) atoms. The Morgan fingerprint density at radius 3 is 3.00 bits per heavy atom. The standard InChI is InChI=1S/C11H19N3O/c1-9-13-2-3-14(9)4-5-15-11-6-10(7-11)8-12/h2-3,10-11H,4-8,12H2,1H3. The van der Waals surface area contributed by atoms with Crippen LogP contribution in [0.4, 0.5) is 0 Å². The molecule has 0 aliphatic heterocycles. The van der Waals surface area contributed by atoms with Crippen LogP contribution >= 0.6 is 0 Å². The zero-order valence-corrected chi connectivity index (χ0v) is 9.22. The largest absolute Gasteiger partial charge is 0.376 e. The van der Waals surface area contributed by atoms with Crippen molar-refractivity contribution in [1.29, 1.82) is 0 Å². The zero-order chi connectivity index (χ0) is 10.7.